The molecule has 0 radical (unpaired) electrons. The van der Waals surface area contributed by atoms with Crippen LogP contribution in [0.25, 0.3) is 0 Å². The smallest absolute Gasteiger partial charge is 0.321 e. The van der Waals surface area contributed by atoms with Crippen LogP contribution in [0.2, 0.25) is 0 Å². The summed E-state index contributed by atoms with van der Waals surface area (Å²) in [4.78, 5) is 22.0. The number of hydrogen-bond donors (Lipinski definition) is 2. The lowest BCUT2D eigenvalue weighted by Crippen LogP contribution is -2.51. The molecule has 1 atom stereocenters. The predicted molar refractivity (Wildman–Crippen MR) is 67.1 cm³/mol. The van der Waals surface area contributed by atoms with Crippen LogP contribution in [0.3, 0.4) is 0 Å². The van der Waals surface area contributed by atoms with E-state index in [0.717, 1.165) is 4.31 Å². The standard InChI is InChI=1S/C10H18N2O7S/c1-18-9(13)3-2-8(10(14)15)11-20(16,17)12-4-6-19-7-5-12/h8,11H,2-7H2,1H3,(H,14,15). The normalized spacial score (nSPS) is 18.4. The van der Waals surface area contributed by atoms with Gasteiger partial charge in [0, 0.05) is 19.5 Å². The molecule has 0 amide bonds. The first-order valence-electron chi connectivity index (χ1n) is 6.01. The number of carbonyl (C=O) groups is 2. The van der Waals surface area contributed by atoms with E-state index in [0.29, 0.717) is 0 Å². The van der Waals surface area contributed by atoms with Gasteiger partial charge in [-0.2, -0.15) is 17.4 Å². The Morgan fingerprint density at radius 2 is 2.00 bits per heavy atom. The highest BCUT2D eigenvalue weighted by Crippen LogP contribution is 2.07. The van der Waals surface area contributed by atoms with Gasteiger partial charge in [-0.15, -0.1) is 0 Å². The summed E-state index contributed by atoms with van der Waals surface area (Å²) in [6.07, 6.45) is -0.356. The van der Waals surface area contributed by atoms with E-state index in [2.05, 4.69) is 9.46 Å². The zero-order valence-electron chi connectivity index (χ0n) is 11.1. The summed E-state index contributed by atoms with van der Waals surface area (Å²) in [6, 6.07) is -1.37. The Hall–Kier alpha value is -1.23. The maximum absolute atomic E-state index is 12.0. The highest BCUT2D eigenvalue weighted by atomic mass is 32.2. The second-order valence-electron chi connectivity index (χ2n) is 4.14. The lowest BCUT2D eigenvalue weighted by atomic mass is 10.2. The number of carbonyl (C=O) groups excluding carboxylic acids is 1. The van der Waals surface area contributed by atoms with Crippen molar-refractivity contribution >= 4 is 22.1 Å². The number of carboxylic acids is 1. The molecule has 0 aromatic heterocycles. The van der Waals surface area contributed by atoms with Crippen LogP contribution in [0.5, 0.6) is 0 Å². The second-order valence-corrected chi connectivity index (χ2v) is 5.84. The van der Waals surface area contributed by atoms with Gasteiger partial charge < -0.3 is 14.6 Å². The topological polar surface area (TPSA) is 122 Å². The zero-order valence-corrected chi connectivity index (χ0v) is 11.9. The first-order chi connectivity index (χ1) is 9.36. The van der Waals surface area contributed by atoms with E-state index in [9.17, 15) is 18.0 Å². The van der Waals surface area contributed by atoms with Crippen molar-refractivity contribution in [2.75, 3.05) is 33.4 Å². The number of hydrogen-bond acceptors (Lipinski definition) is 6. The van der Waals surface area contributed by atoms with Crippen LogP contribution in [-0.4, -0.2) is 69.2 Å². The third kappa shape index (κ3) is 5.04. The quantitative estimate of drug-likeness (QED) is 0.552. The van der Waals surface area contributed by atoms with Gasteiger partial charge >= 0.3 is 11.9 Å². The maximum atomic E-state index is 12.0. The van der Waals surface area contributed by atoms with E-state index >= 15 is 0 Å². The molecular formula is C10H18N2O7S. The second kappa shape index (κ2) is 7.53. The summed E-state index contributed by atoms with van der Waals surface area (Å²) in [6.45, 7) is 0.860. The Morgan fingerprint density at radius 3 is 2.50 bits per heavy atom. The fraction of sp³-hybridized carbons (Fsp3) is 0.800. The molecule has 0 aliphatic carbocycles. The molecule has 1 unspecified atom stereocenters. The fourth-order valence-electron chi connectivity index (χ4n) is 1.64. The molecule has 0 saturated carbocycles. The average molecular weight is 310 g/mol. The molecule has 116 valence electrons. The van der Waals surface area contributed by atoms with Crippen LogP contribution in [-0.2, 0) is 29.3 Å². The average Bonchev–Trinajstić information content (AvgIpc) is 2.43. The number of nitrogens with one attached hydrogen (secondary N) is 1. The SMILES string of the molecule is COC(=O)CCC(NS(=O)(=O)N1CCOCC1)C(=O)O. The fourth-order valence-corrected chi connectivity index (χ4v) is 3.00. The van der Waals surface area contributed by atoms with Gasteiger partial charge in [-0.1, -0.05) is 0 Å². The predicted octanol–water partition coefficient (Wildman–Crippen LogP) is -1.44. The van der Waals surface area contributed by atoms with Crippen LogP contribution in [0.4, 0.5) is 0 Å². The Morgan fingerprint density at radius 1 is 1.40 bits per heavy atom. The molecule has 9 nitrogen and oxygen atoms in total. The van der Waals surface area contributed by atoms with Gasteiger partial charge in [-0.25, -0.2) is 0 Å². The third-order valence-corrected chi connectivity index (χ3v) is 4.39. The van der Waals surface area contributed by atoms with Crippen LogP contribution in [0.1, 0.15) is 12.8 Å². The molecule has 1 heterocycles. The van der Waals surface area contributed by atoms with Crippen molar-refractivity contribution < 1.29 is 32.6 Å². The Labute approximate surface area is 117 Å². The minimum atomic E-state index is -3.91. The minimum Gasteiger partial charge on any atom is -0.480 e. The van der Waals surface area contributed by atoms with Gasteiger partial charge in [-0.05, 0) is 6.42 Å². The van der Waals surface area contributed by atoms with Crippen LogP contribution < -0.4 is 4.72 Å². The molecule has 10 heteroatoms. The summed E-state index contributed by atoms with van der Waals surface area (Å²) in [7, 11) is -2.74. The molecule has 0 aromatic rings. The van der Waals surface area contributed by atoms with Crippen LogP contribution in [0, 0.1) is 0 Å². The molecular weight excluding hydrogens is 292 g/mol. The van der Waals surface area contributed by atoms with E-state index in [1.165, 1.54) is 7.11 Å². The van der Waals surface area contributed by atoms with Crippen molar-refractivity contribution in [2.45, 2.75) is 18.9 Å². The molecule has 1 saturated heterocycles. The lowest BCUT2D eigenvalue weighted by molar-refractivity contribution is -0.142. The number of carboxylic acid groups (broad SMARTS) is 1. The summed E-state index contributed by atoms with van der Waals surface area (Å²) in [5.41, 5.74) is 0. The molecule has 0 bridgehead atoms. The van der Waals surface area contributed by atoms with Crippen molar-refractivity contribution in [3.8, 4) is 0 Å². The number of aliphatic carboxylic acids is 1. The summed E-state index contributed by atoms with van der Waals surface area (Å²) < 4.78 is 36.6. The monoisotopic (exact) mass is 310 g/mol. The number of ether oxygens (including phenoxy) is 2. The molecule has 1 aliphatic rings. The van der Waals surface area contributed by atoms with E-state index < -0.39 is 28.2 Å². The van der Waals surface area contributed by atoms with Gasteiger partial charge in [0.2, 0.25) is 0 Å². The largest absolute Gasteiger partial charge is 0.480 e. The van der Waals surface area contributed by atoms with Crippen LogP contribution in [0.15, 0.2) is 0 Å². The van der Waals surface area contributed by atoms with Gasteiger partial charge in [0.05, 0.1) is 20.3 Å². The summed E-state index contributed by atoms with van der Waals surface area (Å²) in [5.74, 6) is -1.94. The Kier molecular flexibility index (Phi) is 6.33. The van der Waals surface area contributed by atoms with E-state index in [1.54, 1.807) is 0 Å². The van der Waals surface area contributed by atoms with E-state index in [-0.39, 0.29) is 39.1 Å². The number of esters is 1. The van der Waals surface area contributed by atoms with Crippen molar-refractivity contribution in [3.05, 3.63) is 0 Å². The Bertz CT molecular complexity index is 445. The first-order valence-corrected chi connectivity index (χ1v) is 7.45. The van der Waals surface area contributed by atoms with Gasteiger partial charge in [0.15, 0.2) is 0 Å². The molecule has 1 fully saturated rings. The number of rotatable bonds is 7. The van der Waals surface area contributed by atoms with E-state index in [4.69, 9.17) is 9.84 Å². The Balaban J connectivity index is 2.63. The minimum absolute atomic E-state index is 0.165. The van der Waals surface area contributed by atoms with Gasteiger partial charge in [0.25, 0.3) is 10.2 Å². The van der Waals surface area contributed by atoms with Gasteiger partial charge in [0.1, 0.15) is 6.04 Å². The van der Waals surface area contributed by atoms with Crippen molar-refractivity contribution in [1.29, 1.82) is 0 Å². The third-order valence-electron chi connectivity index (χ3n) is 2.76. The molecule has 1 rings (SSSR count). The highest BCUT2D eigenvalue weighted by Gasteiger charge is 2.30. The van der Waals surface area contributed by atoms with Crippen molar-refractivity contribution in [2.24, 2.45) is 0 Å². The first kappa shape index (κ1) is 16.8. The van der Waals surface area contributed by atoms with Gasteiger partial charge in [-0.3, -0.25) is 9.59 Å². The summed E-state index contributed by atoms with van der Waals surface area (Å²) in [5, 5.41) is 9.00. The van der Waals surface area contributed by atoms with Crippen molar-refractivity contribution in [1.82, 2.24) is 9.03 Å². The number of nitrogens with zero attached hydrogens (tertiary/aromatic N) is 1. The molecule has 20 heavy (non-hydrogen) atoms. The number of morpholine rings is 1. The number of methoxy groups -OCH3 is 1. The van der Waals surface area contributed by atoms with Crippen molar-refractivity contribution in [3.63, 3.8) is 0 Å². The summed E-state index contributed by atoms with van der Waals surface area (Å²) >= 11 is 0. The zero-order chi connectivity index (χ0) is 15.2. The lowest BCUT2D eigenvalue weighted by Gasteiger charge is -2.27. The molecule has 1 aliphatic heterocycles. The maximum Gasteiger partial charge on any atom is 0.321 e. The molecule has 0 aromatic carbocycles. The van der Waals surface area contributed by atoms with E-state index in [1.807, 2.05) is 0 Å². The molecule has 2 N–H and O–H groups in total. The molecule has 0 spiro atoms. The van der Waals surface area contributed by atoms with Crippen LogP contribution >= 0.6 is 0 Å². The highest BCUT2D eigenvalue weighted by molar-refractivity contribution is 7.87.